The third-order valence-electron chi connectivity index (χ3n) is 6.11. The molecule has 3 rings (SSSR count). The summed E-state index contributed by atoms with van der Waals surface area (Å²) >= 11 is 0. The molecule has 0 heterocycles. The fourth-order valence-electron chi connectivity index (χ4n) is 4.70. The maximum atomic E-state index is 13.2. The average Bonchev–Trinajstić information content (AvgIpc) is 2.57. The molecule has 2 N–H and O–H groups in total. The summed E-state index contributed by atoms with van der Waals surface area (Å²) in [7, 11) is 3.88. The molecule has 2 aliphatic carbocycles. The van der Waals surface area contributed by atoms with Gasteiger partial charge in [-0.05, 0) is 28.5 Å². The summed E-state index contributed by atoms with van der Waals surface area (Å²) in [6.45, 7) is 7.79. The minimum Gasteiger partial charge on any atom is -0.512 e. The topological polar surface area (TPSA) is 77.8 Å². The molecule has 5 nitrogen and oxygen atoms in total. The number of benzene rings is 1. The van der Waals surface area contributed by atoms with Crippen LogP contribution >= 0.6 is 0 Å². The van der Waals surface area contributed by atoms with E-state index in [-0.39, 0.29) is 45.1 Å². The number of carbonyl (C=O) groups excluding carboxylic acids is 2. The van der Waals surface area contributed by atoms with Gasteiger partial charge in [-0.15, -0.1) is 0 Å². The Balaban J connectivity index is 2.20. The zero-order chi connectivity index (χ0) is 22.4. The van der Waals surface area contributed by atoms with E-state index in [1.807, 2.05) is 71.0 Å². The van der Waals surface area contributed by atoms with Crippen LogP contribution in [0.25, 0.3) is 0 Å². The lowest BCUT2D eigenvalue weighted by Crippen LogP contribution is -2.33. The van der Waals surface area contributed by atoms with Crippen LogP contribution in [0.15, 0.2) is 46.9 Å². The third-order valence-corrected chi connectivity index (χ3v) is 6.11. The number of ketones is 2. The van der Waals surface area contributed by atoms with Crippen LogP contribution in [0.4, 0.5) is 5.69 Å². The van der Waals surface area contributed by atoms with Gasteiger partial charge in [0.2, 0.25) is 0 Å². The second-order valence-corrected chi connectivity index (χ2v) is 10.5. The molecule has 0 fully saturated rings. The fraction of sp³-hybridized carbons (Fsp3) is 0.520. The van der Waals surface area contributed by atoms with Crippen LogP contribution in [0.3, 0.4) is 0 Å². The van der Waals surface area contributed by atoms with Gasteiger partial charge in [-0.2, -0.15) is 0 Å². The van der Waals surface area contributed by atoms with E-state index >= 15 is 0 Å². The second-order valence-electron chi connectivity index (χ2n) is 10.5. The minimum absolute atomic E-state index is 0.0240. The van der Waals surface area contributed by atoms with Crippen LogP contribution < -0.4 is 4.90 Å². The first kappa shape index (κ1) is 22.1. The normalized spacial score (nSPS) is 21.4. The van der Waals surface area contributed by atoms with Crippen LogP contribution in [0.2, 0.25) is 0 Å². The van der Waals surface area contributed by atoms with Crippen molar-refractivity contribution >= 4 is 17.3 Å². The molecule has 2 aliphatic rings. The molecule has 1 aromatic carbocycles. The van der Waals surface area contributed by atoms with Gasteiger partial charge < -0.3 is 15.1 Å². The maximum absolute atomic E-state index is 13.2. The summed E-state index contributed by atoms with van der Waals surface area (Å²) < 4.78 is 0. The first-order chi connectivity index (χ1) is 13.8. The number of carbonyl (C=O) groups is 2. The van der Waals surface area contributed by atoms with Crippen molar-refractivity contribution in [3.8, 4) is 0 Å². The Kier molecular flexibility index (Phi) is 5.61. The molecular formula is C25H33NO4. The highest BCUT2D eigenvalue weighted by atomic mass is 16.3. The summed E-state index contributed by atoms with van der Waals surface area (Å²) in [6, 6.07) is 7.60. The molecule has 162 valence electrons. The van der Waals surface area contributed by atoms with E-state index in [1.165, 1.54) is 0 Å². The highest BCUT2D eigenvalue weighted by Gasteiger charge is 2.43. The van der Waals surface area contributed by atoms with Crippen molar-refractivity contribution in [2.45, 2.75) is 59.3 Å². The van der Waals surface area contributed by atoms with Gasteiger partial charge in [0.25, 0.3) is 0 Å². The molecule has 0 saturated heterocycles. The number of hydrogen-bond donors (Lipinski definition) is 2. The van der Waals surface area contributed by atoms with Crippen molar-refractivity contribution in [2.24, 2.45) is 10.8 Å². The summed E-state index contributed by atoms with van der Waals surface area (Å²) in [6.07, 6.45) is 1.33. The molecule has 30 heavy (non-hydrogen) atoms. The molecule has 1 aromatic rings. The Hall–Kier alpha value is -2.56. The standard InChI is InChI=1S/C25H33NO4/c1-24(2)11-17(27)22(18(28)12-24)21(15-7-9-16(10-8-15)26(5)6)23-19(29)13-25(3,4)14-20(23)30/h7-10,21,27,29H,11-14H2,1-6H3. The lowest BCUT2D eigenvalue weighted by atomic mass is 9.67. The average molecular weight is 412 g/mol. The van der Waals surface area contributed by atoms with Gasteiger partial charge >= 0.3 is 0 Å². The monoisotopic (exact) mass is 411 g/mol. The summed E-state index contributed by atoms with van der Waals surface area (Å²) in [5, 5.41) is 21.8. The Morgan fingerprint density at radius 3 is 1.50 bits per heavy atom. The predicted molar refractivity (Wildman–Crippen MR) is 119 cm³/mol. The van der Waals surface area contributed by atoms with Crippen molar-refractivity contribution in [1.82, 2.24) is 0 Å². The van der Waals surface area contributed by atoms with Crippen molar-refractivity contribution in [1.29, 1.82) is 0 Å². The van der Waals surface area contributed by atoms with E-state index in [1.54, 1.807) is 0 Å². The largest absolute Gasteiger partial charge is 0.512 e. The van der Waals surface area contributed by atoms with Crippen molar-refractivity contribution in [2.75, 3.05) is 19.0 Å². The van der Waals surface area contributed by atoms with Gasteiger partial charge in [-0.3, -0.25) is 9.59 Å². The quantitative estimate of drug-likeness (QED) is 0.708. The highest BCUT2D eigenvalue weighted by Crippen LogP contribution is 2.47. The molecule has 0 unspecified atom stereocenters. The fourth-order valence-corrected chi connectivity index (χ4v) is 4.70. The van der Waals surface area contributed by atoms with Crippen LogP contribution in [-0.2, 0) is 9.59 Å². The van der Waals surface area contributed by atoms with Crippen molar-refractivity contribution in [3.63, 3.8) is 0 Å². The number of aliphatic hydroxyl groups is 2. The molecule has 5 heteroatoms. The number of hydrogen-bond acceptors (Lipinski definition) is 5. The number of rotatable bonds is 4. The van der Waals surface area contributed by atoms with Crippen LogP contribution in [0, 0.1) is 10.8 Å². The van der Waals surface area contributed by atoms with Crippen molar-refractivity contribution in [3.05, 3.63) is 52.5 Å². The van der Waals surface area contributed by atoms with Crippen LogP contribution in [0.1, 0.15) is 64.9 Å². The Morgan fingerprint density at radius 1 is 0.767 bits per heavy atom. The summed E-state index contributed by atoms with van der Waals surface area (Å²) in [5.74, 6) is -1.04. The predicted octanol–water partition coefficient (Wildman–Crippen LogP) is 5.24. The van der Waals surface area contributed by atoms with Crippen molar-refractivity contribution < 1.29 is 19.8 Å². The summed E-state index contributed by atoms with van der Waals surface area (Å²) in [5.41, 5.74) is 1.55. The Morgan fingerprint density at radius 2 is 1.17 bits per heavy atom. The van der Waals surface area contributed by atoms with Gasteiger partial charge in [0, 0.05) is 62.5 Å². The number of nitrogens with zero attached hydrogens (tertiary/aromatic N) is 1. The lowest BCUT2D eigenvalue weighted by molar-refractivity contribution is -0.119. The molecule has 0 aromatic heterocycles. The van der Waals surface area contributed by atoms with E-state index < -0.39 is 5.92 Å². The van der Waals surface area contributed by atoms with E-state index in [0.717, 1.165) is 11.3 Å². The molecule has 0 atom stereocenters. The number of allylic oxidation sites excluding steroid dienone is 4. The minimum atomic E-state index is -0.756. The third kappa shape index (κ3) is 4.30. The van der Waals surface area contributed by atoms with E-state index in [4.69, 9.17) is 0 Å². The van der Waals surface area contributed by atoms with Gasteiger partial charge in [0.05, 0.1) is 0 Å². The first-order valence-corrected chi connectivity index (χ1v) is 10.5. The van der Waals surface area contributed by atoms with Crippen LogP contribution in [-0.4, -0.2) is 35.9 Å². The number of Topliss-reactive ketones (excluding diaryl/α,β-unsaturated/α-hetero) is 2. The molecule has 0 saturated carbocycles. The molecule has 0 radical (unpaired) electrons. The second kappa shape index (κ2) is 7.60. The Bertz CT molecular complexity index is 880. The van der Waals surface area contributed by atoms with Gasteiger partial charge in [-0.1, -0.05) is 39.8 Å². The maximum Gasteiger partial charge on any atom is 0.163 e. The SMILES string of the molecule is CN(C)c1ccc(C(C2=C(O)CC(C)(C)CC2=O)C2=C(O)CC(C)(C)CC2=O)cc1. The lowest BCUT2D eigenvalue weighted by Gasteiger charge is -2.36. The molecular weight excluding hydrogens is 378 g/mol. The number of anilines is 1. The van der Waals surface area contributed by atoms with Gasteiger partial charge in [-0.25, -0.2) is 0 Å². The number of aliphatic hydroxyl groups excluding tert-OH is 2. The van der Waals surface area contributed by atoms with Gasteiger partial charge in [0.15, 0.2) is 11.6 Å². The first-order valence-electron chi connectivity index (χ1n) is 10.5. The Labute approximate surface area is 179 Å². The van der Waals surface area contributed by atoms with Crippen LogP contribution in [0.5, 0.6) is 0 Å². The van der Waals surface area contributed by atoms with E-state index in [9.17, 15) is 19.8 Å². The van der Waals surface area contributed by atoms with Gasteiger partial charge in [0.1, 0.15) is 11.5 Å². The zero-order valence-corrected chi connectivity index (χ0v) is 18.9. The highest BCUT2D eigenvalue weighted by molar-refractivity contribution is 6.05. The molecule has 0 amide bonds. The smallest absolute Gasteiger partial charge is 0.163 e. The van der Waals surface area contributed by atoms with E-state index in [0.29, 0.717) is 25.7 Å². The molecule has 0 bridgehead atoms. The van der Waals surface area contributed by atoms with E-state index in [2.05, 4.69) is 0 Å². The molecule has 0 aliphatic heterocycles. The molecule has 0 spiro atoms. The zero-order valence-electron chi connectivity index (χ0n) is 18.9. The summed E-state index contributed by atoms with van der Waals surface area (Å²) in [4.78, 5) is 28.3.